The topological polar surface area (TPSA) is 47.6 Å². The number of hydrogen-bond acceptors (Lipinski definition) is 4. The summed E-state index contributed by atoms with van der Waals surface area (Å²) in [6.07, 6.45) is 0. The number of rotatable bonds is 8. The molecule has 0 amide bonds. The molecule has 3 aromatic carbocycles. The molecule has 0 saturated carbocycles. The Morgan fingerprint density at radius 2 is 1.77 bits per heavy atom. The van der Waals surface area contributed by atoms with Crippen LogP contribution in [-0.2, 0) is 16.1 Å². The molecule has 0 aliphatic carbocycles. The fourth-order valence-electron chi connectivity index (χ4n) is 2.46. The lowest BCUT2D eigenvalue weighted by Gasteiger charge is -2.21. The molecule has 0 fully saturated rings. The Hall–Kier alpha value is -2.27. The van der Waals surface area contributed by atoms with Crippen LogP contribution in [0.1, 0.15) is 26.3 Å². The quantitative estimate of drug-likeness (QED) is 0.287. The normalized spacial score (nSPS) is 12.6. The van der Waals surface area contributed by atoms with Crippen molar-refractivity contribution in [3.63, 3.8) is 0 Å². The molecule has 0 heterocycles. The largest absolute Gasteiger partial charge is 0.463 e. The first-order valence-electron chi connectivity index (χ1n) is 9.68. The molecule has 166 valence electrons. The second-order valence-electron chi connectivity index (χ2n) is 7.12. The van der Waals surface area contributed by atoms with Crippen LogP contribution in [0.2, 0.25) is 0 Å². The number of halogens is 3. The minimum absolute atomic E-state index is 0.156. The molecule has 0 radical (unpaired) electrons. The van der Waals surface area contributed by atoms with Gasteiger partial charge in [-0.3, -0.25) is 4.79 Å². The van der Waals surface area contributed by atoms with E-state index in [0.717, 1.165) is 28.7 Å². The van der Waals surface area contributed by atoms with Crippen LogP contribution < -0.4 is 9.61 Å². The number of nitrogens with one attached hydrogen (secondary N) is 1. The van der Waals surface area contributed by atoms with Crippen molar-refractivity contribution in [1.29, 1.82) is 0 Å². The molecular weight excluding hydrogens is 443 g/mol. The third kappa shape index (κ3) is 8.06. The van der Waals surface area contributed by atoms with Gasteiger partial charge in [0.1, 0.15) is 24.0 Å². The summed E-state index contributed by atoms with van der Waals surface area (Å²) in [6, 6.07) is 17.6. The zero-order valence-electron chi connectivity index (χ0n) is 17.5. The van der Waals surface area contributed by atoms with Crippen LogP contribution in [0.4, 0.5) is 8.78 Å². The Kier molecular flexibility index (Phi) is 10.1. The van der Waals surface area contributed by atoms with Gasteiger partial charge in [-0.25, -0.2) is 13.9 Å². The Bertz CT molecular complexity index is 985. The van der Waals surface area contributed by atoms with Gasteiger partial charge < -0.3 is 9.26 Å². The molecule has 3 aromatic rings. The molecular formula is C23H25ClF2NO3P. The number of ether oxygens (including phenoxy) is 1. The summed E-state index contributed by atoms with van der Waals surface area (Å²) >= 11 is 6.29. The van der Waals surface area contributed by atoms with Crippen LogP contribution in [0.15, 0.2) is 60.7 Å². The van der Waals surface area contributed by atoms with E-state index in [1.807, 2.05) is 24.3 Å². The Balaban J connectivity index is 0.000000245. The zero-order chi connectivity index (χ0) is 22.8. The van der Waals surface area contributed by atoms with Gasteiger partial charge in [-0.15, -0.1) is 0 Å². The SMILES string of the molecule is CC(C)C(C)NP(Cl)Oc1cccc2ccccc12.O=COCc1ccc(F)cc1F. The van der Waals surface area contributed by atoms with Crippen molar-refractivity contribution in [1.82, 2.24) is 5.09 Å². The summed E-state index contributed by atoms with van der Waals surface area (Å²) < 4.78 is 35.2. The first-order valence-corrected chi connectivity index (χ1v) is 11.8. The van der Waals surface area contributed by atoms with Crippen LogP contribution in [0.3, 0.4) is 0 Å². The summed E-state index contributed by atoms with van der Waals surface area (Å²) in [4.78, 5) is 9.74. The number of carbonyl (C=O) groups is 1. The monoisotopic (exact) mass is 467 g/mol. The maximum atomic E-state index is 12.7. The summed E-state index contributed by atoms with van der Waals surface area (Å²) in [6.45, 7) is 6.48. The van der Waals surface area contributed by atoms with E-state index in [-0.39, 0.29) is 18.6 Å². The van der Waals surface area contributed by atoms with Crippen LogP contribution in [0.5, 0.6) is 5.75 Å². The zero-order valence-corrected chi connectivity index (χ0v) is 19.2. The van der Waals surface area contributed by atoms with Gasteiger partial charge in [0.25, 0.3) is 14.1 Å². The van der Waals surface area contributed by atoms with E-state index in [9.17, 15) is 13.6 Å². The second-order valence-corrected chi connectivity index (χ2v) is 8.97. The van der Waals surface area contributed by atoms with Gasteiger partial charge in [0.2, 0.25) is 0 Å². The second kappa shape index (κ2) is 12.6. The lowest BCUT2D eigenvalue weighted by Crippen LogP contribution is -2.26. The van der Waals surface area contributed by atoms with Gasteiger partial charge in [-0.2, -0.15) is 0 Å². The predicted octanol–water partition coefficient (Wildman–Crippen LogP) is 6.96. The average molecular weight is 468 g/mol. The van der Waals surface area contributed by atoms with E-state index in [1.54, 1.807) is 0 Å². The summed E-state index contributed by atoms with van der Waals surface area (Å²) in [5.74, 6) is 0.00161. The van der Waals surface area contributed by atoms with Crippen LogP contribution in [0, 0.1) is 17.6 Å². The highest BCUT2D eigenvalue weighted by Crippen LogP contribution is 2.42. The smallest absolute Gasteiger partial charge is 0.293 e. The summed E-state index contributed by atoms with van der Waals surface area (Å²) in [5, 5.41) is 5.56. The van der Waals surface area contributed by atoms with E-state index in [2.05, 4.69) is 48.8 Å². The maximum Gasteiger partial charge on any atom is 0.293 e. The van der Waals surface area contributed by atoms with E-state index in [1.165, 1.54) is 6.07 Å². The van der Waals surface area contributed by atoms with Gasteiger partial charge in [0, 0.05) is 23.1 Å². The molecule has 0 aliphatic rings. The minimum Gasteiger partial charge on any atom is -0.463 e. The maximum absolute atomic E-state index is 12.7. The van der Waals surface area contributed by atoms with Crippen molar-refractivity contribution >= 4 is 36.1 Å². The minimum atomic E-state index is -1.18. The number of fused-ring (bicyclic) bond motifs is 1. The number of hydrogen-bond donors (Lipinski definition) is 1. The fraction of sp³-hybridized carbons (Fsp3) is 0.261. The third-order valence-electron chi connectivity index (χ3n) is 4.56. The van der Waals surface area contributed by atoms with E-state index >= 15 is 0 Å². The van der Waals surface area contributed by atoms with Gasteiger partial charge >= 0.3 is 0 Å². The van der Waals surface area contributed by atoms with E-state index < -0.39 is 19.3 Å². The standard InChI is InChI=1S/C15H19ClNOP.C8H6F2O2/c1-11(2)12(3)17-19(16)18-15-10-6-8-13-7-4-5-9-14(13)15;9-7-2-1-6(4-12-5-11)8(10)3-7/h4-12,17H,1-3H3;1-3,5H,4H2. The van der Waals surface area contributed by atoms with Gasteiger partial charge in [-0.05, 0) is 47.7 Å². The molecule has 3 rings (SSSR count). The van der Waals surface area contributed by atoms with Crippen LogP contribution in [0.25, 0.3) is 10.8 Å². The van der Waals surface area contributed by atoms with Crippen molar-refractivity contribution < 1.29 is 22.8 Å². The molecule has 1 N–H and O–H groups in total. The number of benzene rings is 3. The van der Waals surface area contributed by atoms with E-state index in [4.69, 9.17) is 15.8 Å². The lowest BCUT2D eigenvalue weighted by molar-refractivity contribution is -0.129. The molecule has 0 spiro atoms. The van der Waals surface area contributed by atoms with Gasteiger partial charge in [0.15, 0.2) is 0 Å². The van der Waals surface area contributed by atoms with Gasteiger partial charge in [-0.1, -0.05) is 50.2 Å². The Morgan fingerprint density at radius 3 is 2.45 bits per heavy atom. The molecule has 2 atom stereocenters. The highest BCUT2D eigenvalue weighted by molar-refractivity contribution is 7.78. The molecule has 2 unspecified atom stereocenters. The van der Waals surface area contributed by atoms with Crippen molar-refractivity contribution in [2.24, 2.45) is 5.92 Å². The molecule has 8 heteroatoms. The van der Waals surface area contributed by atoms with Crippen molar-refractivity contribution in [3.8, 4) is 5.75 Å². The first-order chi connectivity index (χ1) is 14.8. The summed E-state index contributed by atoms with van der Waals surface area (Å²) in [7, 11) is -1.18. The Labute approximate surface area is 187 Å². The molecule has 31 heavy (non-hydrogen) atoms. The van der Waals surface area contributed by atoms with Crippen LogP contribution >= 0.6 is 18.9 Å². The van der Waals surface area contributed by atoms with E-state index in [0.29, 0.717) is 12.0 Å². The van der Waals surface area contributed by atoms with Crippen molar-refractivity contribution in [2.75, 3.05) is 0 Å². The molecule has 0 aliphatic heterocycles. The van der Waals surface area contributed by atoms with Gasteiger partial charge in [0.05, 0.1) is 0 Å². The van der Waals surface area contributed by atoms with Crippen molar-refractivity contribution in [2.45, 2.75) is 33.4 Å². The highest BCUT2D eigenvalue weighted by atomic mass is 35.7. The molecule has 0 bridgehead atoms. The molecule has 4 nitrogen and oxygen atoms in total. The van der Waals surface area contributed by atoms with Crippen molar-refractivity contribution in [3.05, 3.63) is 77.9 Å². The van der Waals surface area contributed by atoms with Crippen LogP contribution in [-0.4, -0.2) is 12.5 Å². The highest BCUT2D eigenvalue weighted by Gasteiger charge is 2.15. The molecule has 0 saturated heterocycles. The lowest BCUT2D eigenvalue weighted by atomic mass is 10.1. The first kappa shape index (κ1) is 25.0. The summed E-state index contributed by atoms with van der Waals surface area (Å²) in [5.41, 5.74) is 0.156. The Morgan fingerprint density at radius 1 is 1.06 bits per heavy atom. The number of carbonyl (C=O) groups excluding carboxylic acids is 1. The predicted molar refractivity (Wildman–Crippen MR) is 122 cm³/mol. The third-order valence-corrected chi connectivity index (χ3v) is 6.02. The average Bonchev–Trinajstić information content (AvgIpc) is 2.74. The fourth-order valence-corrected chi connectivity index (χ4v) is 4.15. The molecule has 0 aromatic heterocycles.